The molecular formula is C25H34O3Si. The first-order valence-electron chi connectivity index (χ1n) is 11.0. The van der Waals surface area contributed by atoms with E-state index in [4.69, 9.17) is 13.9 Å². The lowest BCUT2D eigenvalue weighted by molar-refractivity contribution is -0.261. The molecule has 4 rings (SSSR count). The maximum Gasteiger partial charge on any atom is 0.261 e. The number of rotatable bonds is 5. The van der Waals surface area contributed by atoms with Gasteiger partial charge < -0.3 is 13.9 Å². The number of hydrogen-bond donors (Lipinski definition) is 0. The maximum atomic E-state index is 7.07. The van der Waals surface area contributed by atoms with Crippen LogP contribution in [0, 0.1) is 0 Å². The van der Waals surface area contributed by atoms with E-state index in [1.165, 1.54) is 10.4 Å². The van der Waals surface area contributed by atoms with E-state index in [1.807, 2.05) is 0 Å². The Morgan fingerprint density at radius 3 is 2.03 bits per heavy atom. The molecule has 2 saturated heterocycles. The molecule has 2 fully saturated rings. The van der Waals surface area contributed by atoms with Crippen LogP contribution >= 0.6 is 0 Å². The fourth-order valence-corrected chi connectivity index (χ4v) is 9.67. The Balaban J connectivity index is 1.66. The van der Waals surface area contributed by atoms with Crippen LogP contribution in [-0.2, 0) is 13.9 Å². The van der Waals surface area contributed by atoms with Gasteiger partial charge in [0, 0.05) is 12.8 Å². The molecule has 0 N–H and O–H groups in total. The molecular weight excluding hydrogens is 376 g/mol. The molecule has 29 heavy (non-hydrogen) atoms. The smallest absolute Gasteiger partial charge is 0.261 e. The van der Waals surface area contributed by atoms with Crippen LogP contribution in [-0.4, -0.2) is 33.4 Å². The Hall–Kier alpha value is -1.46. The summed E-state index contributed by atoms with van der Waals surface area (Å²) in [5.74, 6) is -0.349. The molecule has 0 saturated carbocycles. The van der Waals surface area contributed by atoms with Crippen molar-refractivity contribution in [2.45, 2.75) is 69.8 Å². The number of ether oxygens (including phenoxy) is 2. The van der Waals surface area contributed by atoms with Crippen LogP contribution < -0.4 is 10.4 Å². The largest absolute Gasteiger partial charge is 0.405 e. The molecule has 2 aromatic carbocycles. The predicted octanol–water partition coefficient (Wildman–Crippen LogP) is 4.64. The zero-order valence-electron chi connectivity index (χ0n) is 18.0. The van der Waals surface area contributed by atoms with Gasteiger partial charge in [-0.15, -0.1) is 0 Å². The summed E-state index contributed by atoms with van der Waals surface area (Å²) in [7, 11) is -2.51. The van der Waals surface area contributed by atoms with Gasteiger partial charge in [0.15, 0.2) is 5.79 Å². The quantitative estimate of drug-likeness (QED) is 0.672. The van der Waals surface area contributed by atoms with Gasteiger partial charge in [0.05, 0.1) is 19.3 Å². The van der Waals surface area contributed by atoms with Crippen LogP contribution in [0.2, 0.25) is 5.04 Å². The molecule has 0 unspecified atom stereocenters. The second kappa shape index (κ2) is 8.35. The lowest BCUT2D eigenvalue weighted by Crippen LogP contribution is -2.67. The van der Waals surface area contributed by atoms with Crippen LogP contribution in [0.1, 0.15) is 52.9 Å². The van der Waals surface area contributed by atoms with Crippen LogP contribution in [0.15, 0.2) is 60.7 Å². The highest BCUT2D eigenvalue weighted by molar-refractivity contribution is 6.99. The van der Waals surface area contributed by atoms with Crippen molar-refractivity contribution >= 4 is 18.7 Å². The normalized spacial score (nSPS) is 25.4. The third-order valence-corrected chi connectivity index (χ3v) is 11.4. The summed E-state index contributed by atoms with van der Waals surface area (Å²) in [6.45, 7) is 8.41. The van der Waals surface area contributed by atoms with Gasteiger partial charge in [-0.05, 0) is 34.7 Å². The van der Waals surface area contributed by atoms with Crippen LogP contribution in [0.4, 0.5) is 0 Å². The highest BCUT2D eigenvalue weighted by Gasteiger charge is 2.51. The van der Waals surface area contributed by atoms with Gasteiger partial charge >= 0.3 is 0 Å². The average molecular weight is 411 g/mol. The Kier molecular flexibility index (Phi) is 5.98. The summed E-state index contributed by atoms with van der Waals surface area (Å²) in [5.41, 5.74) is 0. The second-order valence-corrected chi connectivity index (χ2v) is 13.8. The van der Waals surface area contributed by atoms with E-state index in [1.54, 1.807) is 0 Å². The Morgan fingerprint density at radius 1 is 0.931 bits per heavy atom. The Morgan fingerprint density at radius 2 is 1.52 bits per heavy atom. The van der Waals surface area contributed by atoms with Gasteiger partial charge in [-0.3, -0.25) is 0 Å². The fraction of sp³-hybridized carbons (Fsp3) is 0.520. The first-order valence-corrected chi connectivity index (χ1v) is 12.9. The van der Waals surface area contributed by atoms with Crippen LogP contribution in [0.25, 0.3) is 0 Å². The van der Waals surface area contributed by atoms with Crippen molar-refractivity contribution in [2.24, 2.45) is 0 Å². The van der Waals surface area contributed by atoms with E-state index in [-0.39, 0.29) is 16.9 Å². The van der Waals surface area contributed by atoms with Gasteiger partial charge in [0.1, 0.15) is 0 Å². The molecule has 2 aliphatic heterocycles. The third kappa shape index (κ3) is 4.09. The molecule has 2 atom stereocenters. The molecule has 2 aromatic rings. The van der Waals surface area contributed by atoms with Crippen molar-refractivity contribution in [2.75, 3.05) is 13.2 Å². The van der Waals surface area contributed by atoms with Crippen molar-refractivity contribution in [3.8, 4) is 0 Å². The highest BCUT2D eigenvalue weighted by Crippen LogP contribution is 2.40. The van der Waals surface area contributed by atoms with Crippen molar-refractivity contribution in [1.29, 1.82) is 0 Å². The van der Waals surface area contributed by atoms with Gasteiger partial charge in [-0.25, -0.2) is 0 Å². The number of hydrogen-bond acceptors (Lipinski definition) is 3. The van der Waals surface area contributed by atoms with E-state index in [0.717, 1.165) is 38.7 Å². The zero-order chi connectivity index (χ0) is 20.4. The van der Waals surface area contributed by atoms with E-state index in [9.17, 15) is 0 Å². The molecule has 1 spiro atoms. The first-order chi connectivity index (χ1) is 14.0. The summed E-state index contributed by atoms with van der Waals surface area (Å²) in [6.07, 6.45) is 5.43. The standard InChI is InChI=1S/C25H34O3Si/c1-24(2,3)29(22-13-6-4-7-14-22,23-15-8-5-9-16-23)27-20-21-12-10-17-25(28-21)18-11-19-26-25/h4-9,13-16,21H,10-12,17-20H2,1-3H3/t21-,25-/m0/s1. The molecule has 0 radical (unpaired) electrons. The molecule has 2 aliphatic rings. The van der Waals surface area contributed by atoms with E-state index in [0.29, 0.717) is 6.61 Å². The summed E-state index contributed by atoms with van der Waals surface area (Å²) in [5, 5.41) is 2.63. The molecule has 0 aliphatic carbocycles. The second-order valence-electron chi connectivity index (χ2n) is 9.47. The van der Waals surface area contributed by atoms with Crippen LogP contribution in [0.3, 0.4) is 0 Å². The minimum absolute atomic E-state index is 0.00802. The predicted molar refractivity (Wildman–Crippen MR) is 120 cm³/mol. The monoisotopic (exact) mass is 410 g/mol. The van der Waals surface area contributed by atoms with Crippen LogP contribution in [0.5, 0.6) is 0 Å². The van der Waals surface area contributed by atoms with E-state index in [2.05, 4.69) is 81.4 Å². The number of benzene rings is 2. The topological polar surface area (TPSA) is 27.7 Å². The van der Waals surface area contributed by atoms with Gasteiger partial charge in [-0.2, -0.15) is 0 Å². The molecule has 156 valence electrons. The molecule has 4 heteroatoms. The van der Waals surface area contributed by atoms with E-state index >= 15 is 0 Å². The molecule has 3 nitrogen and oxygen atoms in total. The molecule has 0 aromatic heterocycles. The van der Waals surface area contributed by atoms with Gasteiger partial charge in [0.2, 0.25) is 0 Å². The maximum absolute atomic E-state index is 7.07. The van der Waals surface area contributed by atoms with Crippen molar-refractivity contribution in [1.82, 2.24) is 0 Å². The lowest BCUT2D eigenvalue weighted by atomic mass is 9.99. The Bertz CT molecular complexity index is 739. The lowest BCUT2D eigenvalue weighted by Gasteiger charge is -2.45. The highest BCUT2D eigenvalue weighted by atomic mass is 28.4. The van der Waals surface area contributed by atoms with Crippen molar-refractivity contribution in [3.05, 3.63) is 60.7 Å². The molecule has 0 amide bonds. The minimum atomic E-state index is -2.51. The SMILES string of the molecule is CC(C)(C)[Si](OC[C@@H]1CCC[C@@]2(CCCO2)O1)(c1ccccc1)c1ccccc1. The zero-order valence-corrected chi connectivity index (χ0v) is 19.0. The summed E-state index contributed by atoms with van der Waals surface area (Å²) in [4.78, 5) is 0. The minimum Gasteiger partial charge on any atom is -0.405 e. The average Bonchev–Trinajstić information content (AvgIpc) is 3.16. The van der Waals surface area contributed by atoms with Gasteiger partial charge in [-0.1, -0.05) is 81.4 Å². The van der Waals surface area contributed by atoms with Crippen molar-refractivity contribution in [3.63, 3.8) is 0 Å². The Labute approximate surface area is 176 Å². The first kappa shape index (κ1) is 20.8. The fourth-order valence-electron chi connectivity index (χ4n) is 5.08. The van der Waals surface area contributed by atoms with Crippen molar-refractivity contribution < 1.29 is 13.9 Å². The van der Waals surface area contributed by atoms with E-state index < -0.39 is 8.32 Å². The third-order valence-electron chi connectivity index (χ3n) is 6.43. The summed E-state index contributed by atoms with van der Waals surface area (Å²) >= 11 is 0. The summed E-state index contributed by atoms with van der Waals surface area (Å²) in [6, 6.07) is 21.7. The molecule has 0 bridgehead atoms. The molecule has 2 heterocycles. The van der Waals surface area contributed by atoms with Gasteiger partial charge in [0.25, 0.3) is 8.32 Å². The summed E-state index contributed by atoms with van der Waals surface area (Å²) < 4.78 is 19.6.